The van der Waals surface area contributed by atoms with E-state index in [1.54, 1.807) is 0 Å². The van der Waals surface area contributed by atoms with Crippen molar-refractivity contribution in [1.29, 1.82) is 0 Å². The summed E-state index contributed by atoms with van der Waals surface area (Å²) in [4.78, 5) is 0. The zero-order valence-corrected chi connectivity index (χ0v) is 13.2. The lowest BCUT2D eigenvalue weighted by Gasteiger charge is -2.34. The molecule has 0 aliphatic carbocycles. The summed E-state index contributed by atoms with van der Waals surface area (Å²) < 4.78 is 1.28. The molecule has 0 aliphatic rings. The predicted octanol–water partition coefficient (Wildman–Crippen LogP) is 0.578. The first-order chi connectivity index (χ1) is 5.24. The van der Waals surface area contributed by atoms with Crippen molar-refractivity contribution in [2.75, 3.05) is 26.2 Å². The summed E-state index contributed by atoms with van der Waals surface area (Å²) in [6.45, 7) is 14.2. The van der Waals surface area contributed by atoms with Gasteiger partial charge in [-0.1, -0.05) is 0 Å². The molecule has 0 atom stereocenters. The maximum absolute atomic E-state index is 2.75. The Balaban J connectivity index is -0.000000249. The Morgan fingerprint density at radius 3 is 0.917 bits per heavy atom. The molecule has 0 amide bonds. The van der Waals surface area contributed by atoms with Gasteiger partial charge in [-0.3, -0.25) is 0 Å². The normalized spacial score (nSPS) is 9.50. The molecular weight excluding hydrogens is 350 g/mol. The van der Waals surface area contributed by atoms with Crippen LogP contribution in [-0.2, 0) is 0 Å². The highest BCUT2D eigenvalue weighted by Gasteiger charge is 2.16. The molecule has 0 fully saturated rings. The minimum atomic E-state index is 0. The molecule has 0 aliphatic heterocycles. The van der Waals surface area contributed by atoms with E-state index in [1.807, 2.05) is 0 Å². The van der Waals surface area contributed by atoms with E-state index in [0.29, 0.717) is 0 Å². The SMILES string of the molecule is BrBr.CC[N+](CC)(CC)CC.[Br-]. The van der Waals surface area contributed by atoms with Gasteiger partial charge in [-0.15, -0.1) is 0 Å². The first-order valence-electron chi connectivity index (χ1n) is 4.24. The third-order valence-corrected chi connectivity index (χ3v) is 2.68. The molecule has 0 unspecified atom stereocenters. The zero-order chi connectivity index (χ0) is 9.33. The van der Waals surface area contributed by atoms with Gasteiger partial charge in [0, 0.05) is 28.3 Å². The minimum absolute atomic E-state index is 0. The average molecular weight is 370 g/mol. The third-order valence-electron chi connectivity index (χ3n) is 2.68. The Bertz CT molecular complexity index is 57.2. The maximum Gasteiger partial charge on any atom is 0.0757 e. The summed E-state index contributed by atoms with van der Waals surface area (Å²) in [5.41, 5.74) is 0. The number of nitrogens with zero attached hydrogens (tertiary/aromatic N) is 1. The molecule has 0 spiro atoms. The van der Waals surface area contributed by atoms with Crippen molar-refractivity contribution in [2.24, 2.45) is 0 Å². The quantitative estimate of drug-likeness (QED) is 0.636. The fourth-order valence-corrected chi connectivity index (χ4v) is 1.34. The van der Waals surface area contributed by atoms with Crippen LogP contribution >= 0.6 is 28.3 Å². The summed E-state index contributed by atoms with van der Waals surface area (Å²) in [5.74, 6) is 0. The second-order valence-electron chi connectivity index (χ2n) is 2.61. The van der Waals surface area contributed by atoms with Crippen molar-refractivity contribution < 1.29 is 21.5 Å². The molecule has 0 saturated heterocycles. The highest BCUT2D eigenvalue weighted by atomic mass is 80.9. The zero-order valence-electron chi connectivity index (χ0n) is 8.41. The van der Waals surface area contributed by atoms with E-state index in [1.165, 1.54) is 30.7 Å². The van der Waals surface area contributed by atoms with Gasteiger partial charge in [0.15, 0.2) is 0 Å². The summed E-state index contributed by atoms with van der Waals surface area (Å²) in [6.07, 6.45) is 0. The van der Waals surface area contributed by atoms with Gasteiger partial charge in [0.1, 0.15) is 0 Å². The van der Waals surface area contributed by atoms with Crippen molar-refractivity contribution in [3.05, 3.63) is 0 Å². The summed E-state index contributed by atoms with van der Waals surface area (Å²) in [6, 6.07) is 0. The average Bonchev–Trinajstić information content (AvgIpc) is 2.13. The topological polar surface area (TPSA) is 0 Å². The third kappa shape index (κ3) is 6.87. The summed E-state index contributed by atoms with van der Waals surface area (Å²) >= 11 is 5.50. The monoisotopic (exact) mass is 367 g/mol. The highest BCUT2D eigenvalue weighted by Crippen LogP contribution is 2.03. The van der Waals surface area contributed by atoms with Crippen molar-refractivity contribution >= 4 is 28.3 Å². The van der Waals surface area contributed by atoms with Crippen molar-refractivity contribution in [3.8, 4) is 0 Å². The molecule has 0 radical (unpaired) electrons. The lowest BCUT2D eigenvalue weighted by atomic mass is 10.3. The molecule has 0 rings (SSSR count). The van der Waals surface area contributed by atoms with Gasteiger partial charge in [-0.25, -0.2) is 0 Å². The van der Waals surface area contributed by atoms with Gasteiger partial charge in [0.2, 0.25) is 0 Å². The molecule has 1 nitrogen and oxygen atoms in total. The molecule has 0 N–H and O–H groups in total. The minimum Gasteiger partial charge on any atom is -1.00 e. The molecule has 0 bridgehead atoms. The first kappa shape index (κ1) is 19.0. The Kier molecular flexibility index (Phi) is 19.7. The predicted molar refractivity (Wildman–Crippen MR) is 60.3 cm³/mol. The van der Waals surface area contributed by atoms with E-state index in [0.717, 1.165) is 0 Å². The maximum atomic E-state index is 2.75. The highest BCUT2D eigenvalue weighted by molar-refractivity contribution is 9.93. The number of hydrogen-bond donors (Lipinski definition) is 0. The Morgan fingerprint density at radius 2 is 0.917 bits per heavy atom. The second kappa shape index (κ2) is 12.4. The number of halogens is 3. The smallest absolute Gasteiger partial charge is 0.0757 e. The molecule has 4 heteroatoms. The van der Waals surface area contributed by atoms with Gasteiger partial charge in [-0.05, 0) is 27.7 Å². The van der Waals surface area contributed by atoms with Crippen LogP contribution in [0.25, 0.3) is 0 Å². The van der Waals surface area contributed by atoms with Crippen LogP contribution in [0, 0.1) is 0 Å². The van der Waals surface area contributed by atoms with Gasteiger partial charge in [0.25, 0.3) is 0 Å². The van der Waals surface area contributed by atoms with Crippen molar-refractivity contribution in [1.82, 2.24) is 0 Å². The van der Waals surface area contributed by atoms with E-state index in [9.17, 15) is 0 Å². The van der Waals surface area contributed by atoms with Crippen LogP contribution < -0.4 is 17.0 Å². The molecule has 0 saturated carbocycles. The van der Waals surface area contributed by atoms with E-state index in [4.69, 9.17) is 0 Å². The Morgan fingerprint density at radius 1 is 0.750 bits per heavy atom. The van der Waals surface area contributed by atoms with Crippen LogP contribution in [0.3, 0.4) is 0 Å². The fourth-order valence-electron chi connectivity index (χ4n) is 1.34. The van der Waals surface area contributed by atoms with E-state index >= 15 is 0 Å². The molecule has 78 valence electrons. The summed E-state index contributed by atoms with van der Waals surface area (Å²) in [7, 11) is 0. The van der Waals surface area contributed by atoms with Crippen molar-refractivity contribution in [3.63, 3.8) is 0 Å². The van der Waals surface area contributed by atoms with Gasteiger partial charge in [-0.2, -0.15) is 0 Å². The lowest BCUT2D eigenvalue weighted by molar-refractivity contribution is -0.921. The summed E-state index contributed by atoms with van der Waals surface area (Å²) in [5, 5.41) is 0. The second-order valence-corrected chi connectivity index (χ2v) is 2.61. The molecule has 0 aromatic rings. The van der Waals surface area contributed by atoms with Crippen LogP contribution in [0.4, 0.5) is 0 Å². The van der Waals surface area contributed by atoms with Gasteiger partial charge >= 0.3 is 0 Å². The molecule has 0 aromatic heterocycles. The van der Waals surface area contributed by atoms with Crippen LogP contribution in [0.2, 0.25) is 0 Å². The molecule has 0 aromatic carbocycles. The van der Waals surface area contributed by atoms with E-state index in [-0.39, 0.29) is 17.0 Å². The van der Waals surface area contributed by atoms with Crippen LogP contribution in [-0.4, -0.2) is 30.7 Å². The van der Waals surface area contributed by atoms with Gasteiger partial charge in [0.05, 0.1) is 26.2 Å². The number of hydrogen-bond acceptors (Lipinski definition) is 0. The van der Waals surface area contributed by atoms with Crippen molar-refractivity contribution in [2.45, 2.75) is 27.7 Å². The lowest BCUT2D eigenvalue weighted by Crippen LogP contribution is -3.00. The Hall–Kier alpha value is 1.40. The van der Waals surface area contributed by atoms with Gasteiger partial charge < -0.3 is 21.5 Å². The standard InChI is InChI=1S/C8H20N.Br2.BrH/c1-5-9(6-2,7-3)8-4;1-2;/h5-8H2,1-4H3;;1H/q+1;;/p-1. The fraction of sp³-hybridized carbons (Fsp3) is 1.00. The van der Waals surface area contributed by atoms with E-state index in [2.05, 4.69) is 56.0 Å². The first-order valence-corrected chi connectivity index (χ1v) is 7.95. The Labute approximate surface area is 103 Å². The van der Waals surface area contributed by atoms with Crippen LogP contribution in [0.15, 0.2) is 0 Å². The molecule has 12 heavy (non-hydrogen) atoms. The number of quaternary nitrogens is 1. The van der Waals surface area contributed by atoms with Crippen LogP contribution in [0.5, 0.6) is 0 Å². The van der Waals surface area contributed by atoms with E-state index < -0.39 is 0 Å². The molecule has 0 heterocycles. The number of rotatable bonds is 4. The largest absolute Gasteiger partial charge is 1.00 e. The molecular formula is C8H20Br3N. The van der Waals surface area contributed by atoms with Crippen LogP contribution in [0.1, 0.15) is 27.7 Å².